The van der Waals surface area contributed by atoms with Crippen LogP contribution >= 0.6 is 12.6 Å². The minimum Gasteiger partial charge on any atom is -0.312 e. The molecular formula is C14H21NOS. The maximum Gasteiger partial charge on any atom is 0.250 e. The van der Waals surface area contributed by atoms with Gasteiger partial charge in [0.2, 0.25) is 0 Å². The maximum atomic E-state index is 12.0. The summed E-state index contributed by atoms with van der Waals surface area (Å²) in [6.45, 7) is 5.23. The molecule has 3 heteroatoms. The zero-order valence-electron chi connectivity index (χ0n) is 10.6. The number of nitrogens with zero attached hydrogens (tertiary/aromatic N) is 1. The van der Waals surface area contributed by atoms with E-state index in [4.69, 9.17) is 0 Å². The van der Waals surface area contributed by atoms with Crippen LogP contribution in [-0.4, -0.2) is 10.3 Å². The topological polar surface area (TPSA) is 22.0 Å². The molecule has 1 aliphatic rings. The van der Waals surface area contributed by atoms with E-state index in [1.54, 1.807) is 6.07 Å². The van der Waals surface area contributed by atoms with Gasteiger partial charge in [0.25, 0.3) is 5.56 Å². The summed E-state index contributed by atoms with van der Waals surface area (Å²) < 4.78 is 1.99. The monoisotopic (exact) mass is 251 g/mol. The Bertz CT molecular complexity index is 450. The molecule has 0 aromatic carbocycles. The van der Waals surface area contributed by atoms with Crippen molar-refractivity contribution >= 4 is 12.6 Å². The molecule has 1 aromatic rings. The maximum absolute atomic E-state index is 12.0. The van der Waals surface area contributed by atoms with Crippen molar-refractivity contribution in [1.29, 1.82) is 0 Å². The second kappa shape index (κ2) is 5.30. The van der Waals surface area contributed by atoms with Gasteiger partial charge >= 0.3 is 0 Å². The van der Waals surface area contributed by atoms with Crippen LogP contribution in [0.4, 0.5) is 0 Å². The van der Waals surface area contributed by atoms with Crippen molar-refractivity contribution in [1.82, 2.24) is 4.57 Å². The molecule has 1 unspecified atom stereocenters. The molecular weight excluding hydrogens is 230 g/mol. The highest BCUT2D eigenvalue weighted by Gasteiger charge is 2.19. The van der Waals surface area contributed by atoms with E-state index in [1.807, 2.05) is 10.6 Å². The third-order valence-corrected chi connectivity index (χ3v) is 4.31. The SMILES string of the molecule is CC(C)C(CS)Cn1c2c(ccc1=O)CCC2. The quantitative estimate of drug-likeness (QED) is 0.816. The summed E-state index contributed by atoms with van der Waals surface area (Å²) in [5, 5.41) is 0. The number of aromatic nitrogens is 1. The van der Waals surface area contributed by atoms with Crippen molar-refractivity contribution < 1.29 is 0 Å². The Morgan fingerprint density at radius 3 is 2.76 bits per heavy atom. The van der Waals surface area contributed by atoms with Crippen molar-refractivity contribution in [2.75, 3.05) is 5.75 Å². The number of rotatable bonds is 4. The lowest BCUT2D eigenvalue weighted by molar-refractivity contribution is 0.363. The van der Waals surface area contributed by atoms with Crippen LogP contribution in [0.3, 0.4) is 0 Å². The molecule has 0 bridgehead atoms. The summed E-state index contributed by atoms with van der Waals surface area (Å²) in [6.07, 6.45) is 3.37. The van der Waals surface area contributed by atoms with E-state index in [-0.39, 0.29) is 5.56 Å². The van der Waals surface area contributed by atoms with Crippen LogP contribution in [0.15, 0.2) is 16.9 Å². The average molecular weight is 251 g/mol. The Labute approximate surface area is 108 Å². The molecule has 0 radical (unpaired) electrons. The van der Waals surface area contributed by atoms with Crippen molar-refractivity contribution in [2.24, 2.45) is 11.8 Å². The summed E-state index contributed by atoms with van der Waals surface area (Å²) in [6, 6.07) is 3.73. The molecule has 0 amide bonds. The second-order valence-electron chi connectivity index (χ2n) is 5.29. The lowest BCUT2D eigenvalue weighted by Gasteiger charge is -2.21. The van der Waals surface area contributed by atoms with Gasteiger partial charge in [-0.15, -0.1) is 0 Å². The van der Waals surface area contributed by atoms with Crippen molar-refractivity contribution in [3.05, 3.63) is 33.7 Å². The molecule has 1 atom stereocenters. The van der Waals surface area contributed by atoms with Crippen LogP contribution in [0.2, 0.25) is 0 Å². The highest BCUT2D eigenvalue weighted by molar-refractivity contribution is 7.80. The van der Waals surface area contributed by atoms with Crippen LogP contribution in [0.5, 0.6) is 0 Å². The predicted octanol–water partition coefficient (Wildman–Crippen LogP) is 2.54. The highest BCUT2D eigenvalue weighted by atomic mass is 32.1. The molecule has 0 saturated heterocycles. The summed E-state index contributed by atoms with van der Waals surface area (Å²) in [7, 11) is 0. The van der Waals surface area contributed by atoms with Gasteiger partial charge in [-0.05, 0) is 42.4 Å². The van der Waals surface area contributed by atoms with Gasteiger partial charge in [-0.25, -0.2) is 0 Å². The van der Waals surface area contributed by atoms with E-state index < -0.39 is 0 Å². The number of fused-ring (bicyclic) bond motifs is 1. The molecule has 2 nitrogen and oxygen atoms in total. The zero-order valence-corrected chi connectivity index (χ0v) is 11.5. The lowest BCUT2D eigenvalue weighted by Crippen LogP contribution is -2.29. The van der Waals surface area contributed by atoms with E-state index in [2.05, 4.69) is 26.5 Å². The Hall–Kier alpha value is -0.700. The molecule has 0 saturated carbocycles. The Balaban J connectivity index is 2.32. The molecule has 17 heavy (non-hydrogen) atoms. The fraction of sp³-hybridized carbons (Fsp3) is 0.643. The van der Waals surface area contributed by atoms with Gasteiger partial charge < -0.3 is 4.57 Å². The van der Waals surface area contributed by atoms with E-state index in [0.29, 0.717) is 11.8 Å². The first-order valence-electron chi connectivity index (χ1n) is 6.46. The van der Waals surface area contributed by atoms with Gasteiger partial charge in [-0.3, -0.25) is 4.79 Å². The van der Waals surface area contributed by atoms with Crippen LogP contribution in [0.1, 0.15) is 31.5 Å². The minimum atomic E-state index is 0.151. The molecule has 0 fully saturated rings. The summed E-state index contributed by atoms with van der Waals surface area (Å²) in [5.41, 5.74) is 2.79. The molecule has 0 N–H and O–H groups in total. The molecule has 1 heterocycles. The lowest BCUT2D eigenvalue weighted by atomic mass is 9.97. The van der Waals surface area contributed by atoms with E-state index in [9.17, 15) is 4.79 Å². The van der Waals surface area contributed by atoms with Gasteiger partial charge in [0.1, 0.15) is 0 Å². The summed E-state index contributed by atoms with van der Waals surface area (Å²) in [5.74, 6) is 1.88. The van der Waals surface area contributed by atoms with Crippen molar-refractivity contribution in [3.8, 4) is 0 Å². The van der Waals surface area contributed by atoms with E-state index in [1.165, 1.54) is 17.7 Å². The Kier molecular flexibility index (Phi) is 3.97. The fourth-order valence-electron chi connectivity index (χ4n) is 2.55. The zero-order chi connectivity index (χ0) is 12.4. The predicted molar refractivity (Wildman–Crippen MR) is 74.9 cm³/mol. The van der Waals surface area contributed by atoms with Gasteiger partial charge in [0.05, 0.1) is 0 Å². The summed E-state index contributed by atoms with van der Waals surface area (Å²) in [4.78, 5) is 12.0. The first-order valence-corrected chi connectivity index (χ1v) is 7.09. The molecule has 1 aliphatic carbocycles. The van der Waals surface area contributed by atoms with E-state index >= 15 is 0 Å². The standard InChI is InChI=1S/C14H21NOS/c1-10(2)12(9-17)8-15-13-5-3-4-11(13)6-7-14(15)16/h6-7,10,12,17H,3-5,8-9H2,1-2H3. The van der Waals surface area contributed by atoms with Crippen LogP contribution in [-0.2, 0) is 19.4 Å². The third kappa shape index (κ3) is 2.59. The van der Waals surface area contributed by atoms with Crippen LogP contribution in [0.25, 0.3) is 0 Å². The van der Waals surface area contributed by atoms with Crippen molar-refractivity contribution in [2.45, 2.75) is 39.7 Å². The molecule has 0 aliphatic heterocycles. The highest BCUT2D eigenvalue weighted by Crippen LogP contribution is 2.22. The fourth-order valence-corrected chi connectivity index (χ4v) is 3.08. The number of hydrogen-bond donors (Lipinski definition) is 1. The Morgan fingerprint density at radius 2 is 2.12 bits per heavy atom. The smallest absolute Gasteiger partial charge is 0.250 e. The van der Waals surface area contributed by atoms with Gasteiger partial charge in [-0.2, -0.15) is 12.6 Å². The number of pyridine rings is 1. The van der Waals surface area contributed by atoms with Crippen LogP contribution in [0, 0.1) is 11.8 Å². The Morgan fingerprint density at radius 1 is 1.35 bits per heavy atom. The first kappa shape index (κ1) is 12.7. The van der Waals surface area contributed by atoms with E-state index in [0.717, 1.165) is 25.1 Å². The first-order chi connectivity index (χ1) is 8.13. The van der Waals surface area contributed by atoms with Gasteiger partial charge in [0, 0.05) is 18.3 Å². The number of aryl methyl sites for hydroxylation is 1. The molecule has 94 valence electrons. The third-order valence-electron chi connectivity index (χ3n) is 3.84. The van der Waals surface area contributed by atoms with Gasteiger partial charge in [-0.1, -0.05) is 19.9 Å². The van der Waals surface area contributed by atoms with Crippen LogP contribution < -0.4 is 5.56 Å². The average Bonchev–Trinajstić information content (AvgIpc) is 2.75. The van der Waals surface area contributed by atoms with Crippen molar-refractivity contribution in [3.63, 3.8) is 0 Å². The second-order valence-corrected chi connectivity index (χ2v) is 5.66. The normalized spacial score (nSPS) is 16.2. The molecule has 1 aromatic heterocycles. The molecule has 0 spiro atoms. The largest absolute Gasteiger partial charge is 0.312 e. The van der Waals surface area contributed by atoms with Gasteiger partial charge in [0.15, 0.2) is 0 Å². The number of thiol groups is 1. The molecule has 2 rings (SSSR count). The minimum absolute atomic E-state index is 0.151. The summed E-state index contributed by atoms with van der Waals surface area (Å²) >= 11 is 4.41. The number of hydrogen-bond acceptors (Lipinski definition) is 2.